The molecule has 1 aromatic carbocycles. The minimum absolute atomic E-state index is 0.0632. The molecule has 2 atom stereocenters. The summed E-state index contributed by atoms with van der Waals surface area (Å²) in [5, 5.41) is 9.58. The van der Waals surface area contributed by atoms with Gasteiger partial charge in [0.25, 0.3) is 0 Å². The van der Waals surface area contributed by atoms with Crippen LogP contribution in [0, 0.1) is 11.3 Å². The van der Waals surface area contributed by atoms with Crippen LogP contribution in [0.5, 0.6) is 0 Å². The lowest BCUT2D eigenvalue weighted by Crippen LogP contribution is -2.47. The Morgan fingerprint density at radius 3 is 2.62 bits per heavy atom. The number of carbonyl (C=O) groups is 1. The first-order valence-electron chi connectivity index (χ1n) is 10.8. The maximum atomic E-state index is 12.1. The van der Waals surface area contributed by atoms with E-state index in [-0.39, 0.29) is 24.0 Å². The van der Waals surface area contributed by atoms with Crippen LogP contribution in [0.15, 0.2) is 35.3 Å². The lowest BCUT2D eigenvalue weighted by Gasteiger charge is -2.40. The number of nitrogens with one attached hydrogen (secondary N) is 3. The number of aliphatic imine (C=N–C) groups is 1. The summed E-state index contributed by atoms with van der Waals surface area (Å²) in [6.07, 6.45) is 3.29. The number of rotatable bonds is 8. The molecule has 1 aliphatic rings. The molecule has 29 heavy (non-hydrogen) atoms. The zero-order chi connectivity index (χ0) is 21.1. The summed E-state index contributed by atoms with van der Waals surface area (Å²) in [6, 6.07) is 10.2. The lowest BCUT2D eigenvalue weighted by molar-refractivity contribution is -0.119. The van der Waals surface area contributed by atoms with Crippen LogP contribution in [0.4, 0.5) is 0 Å². The normalized spacial score (nSPS) is 20.2. The molecule has 162 valence electrons. The van der Waals surface area contributed by atoms with E-state index in [1.807, 2.05) is 25.1 Å². The Hall–Kier alpha value is -2.08. The highest BCUT2D eigenvalue weighted by Crippen LogP contribution is 2.33. The number of benzene rings is 1. The average molecular weight is 403 g/mol. The Morgan fingerprint density at radius 2 is 1.93 bits per heavy atom. The summed E-state index contributed by atoms with van der Waals surface area (Å²) >= 11 is 0. The molecular formula is C23H38N4O2. The predicted octanol–water partition coefficient (Wildman–Crippen LogP) is 2.74. The summed E-state index contributed by atoms with van der Waals surface area (Å²) in [5.74, 6) is 1.06. The second kappa shape index (κ2) is 11.8. The van der Waals surface area contributed by atoms with Crippen molar-refractivity contribution >= 4 is 11.9 Å². The summed E-state index contributed by atoms with van der Waals surface area (Å²) in [7, 11) is 0. The molecule has 0 aromatic heterocycles. The molecule has 1 aromatic rings. The van der Waals surface area contributed by atoms with Gasteiger partial charge in [-0.05, 0) is 37.2 Å². The zero-order valence-corrected chi connectivity index (χ0v) is 18.5. The van der Waals surface area contributed by atoms with E-state index in [4.69, 9.17) is 4.74 Å². The van der Waals surface area contributed by atoms with Crippen LogP contribution in [0.1, 0.15) is 46.1 Å². The molecule has 6 nitrogen and oxygen atoms in total. The molecule has 2 rings (SSSR count). The minimum atomic E-state index is -0.0632. The lowest BCUT2D eigenvalue weighted by atomic mass is 9.78. The number of hydrogen-bond acceptors (Lipinski definition) is 3. The number of hydrogen-bond donors (Lipinski definition) is 3. The van der Waals surface area contributed by atoms with Crippen molar-refractivity contribution in [1.82, 2.24) is 16.0 Å². The molecule has 2 unspecified atom stereocenters. The first-order chi connectivity index (χ1) is 13.9. The smallest absolute Gasteiger partial charge is 0.241 e. The SMILES string of the molecule is CCNC(=NCC(=O)NCCc1ccccc1)NCC1CCCOC1C(C)(C)C. The highest BCUT2D eigenvalue weighted by molar-refractivity contribution is 5.84. The average Bonchev–Trinajstić information content (AvgIpc) is 2.70. The van der Waals surface area contributed by atoms with E-state index in [0.717, 1.165) is 39.0 Å². The topological polar surface area (TPSA) is 74.8 Å². The standard InChI is InChI=1S/C23H38N4O2/c1-5-24-22(26-16-19-12-9-15-29-21(19)23(2,3)4)27-17-20(28)25-14-13-18-10-7-6-8-11-18/h6-8,10-11,19,21H,5,9,12-17H2,1-4H3,(H,25,28)(H2,24,26,27). The number of ether oxygens (including phenoxy) is 1. The van der Waals surface area contributed by atoms with Crippen molar-refractivity contribution in [1.29, 1.82) is 0 Å². The molecule has 1 aliphatic heterocycles. The van der Waals surface area contributed by atoms with Gasteiger partial charge in [-0.25, -0.2) is 4.99 Å². The molecule has 6 heteroatoms. The third kappa shape index (κ3) is 8.44. The van der Waals surface area contributed by atoms with Gasteiger partial charge < -0.3 is 20.7 Å². The first kappa shape index (κ1) is 23.2. The van der Waals surface area contributed by atoms with E-state index in [1.54, 1.807) is 0 Å². The maximum absolute atomic E-state index is 12.1. The molecule has 1 amide bonds. The molecule has 1 fully saturated rings. The van der Waals surface area contributed by atoms with Crippen LogP contribution >= 0.6 is 0 Å². The fourth-order valence-corrected chi connectivity index (χ4v) is 3.78. The number of guanidine groups is 1. The molecule has 1 heterocycles. The van der Waals surface area contributed by atoms with E-state index in [1.165, 1.54) is 5.56 Å². The van der Waals surface area contributed by atoms with Crippen LogP contribution in [0.25, 0.3) is 0 Å². The van der Waals surface area contributed by atoms with Gasteiger partial charge in [0, 0.05) is 32.2 Å². The van der Waals surface area contributed by atoms with Gasteiger partial charge in [0.2, 0.25) is 5.91 Å². The quantitative estimate of drug-likeness (QED) is 0.462. The van der Waals surface area contributed by atoms with E-state index >= 15 is 0 Å². The summed E-state index contributed by atoms with van der Waals surface area (Å²) in [5.41, 5.74) is 1.33. The Labute approximate surface area is 175 Å². The summed E-state index contributed by atoms with van der Waals surface area (Å²) in [4.78, 5) is 16.6. The Balaban J connectivity index is 1.79. The van der Waals surface area contributed by atoms with Crippen molar-refractivity contribution in [2.45, 2.75) is 53.1 Å². The van der Waals surface area contributed by atoms with Crippen molar-refractivity contribution < 1.29 is 9.53 Å². The molecule has 0 aliphatic carbocycles. The van der Waals surface area contributed by atoms with E-state index in [0.29, 0.717) is 18.4 Å². The van der Waals surface area contributed by atoms with Gasteiger partial charge in [0.15, 0.2) is 5.96 Å². The van der Waals surface area contributed by atoms with E-state index in [2.05, 4.69) is 53.8 Å². The van der Waals surface area contributed by atoms with Gasteiger partial charge >= 0.3 is 0 Å². The Bertz CT molecular complexity index is 640. The third-order valence-corrected chi connectivity index (χ3v) is 5.13. The highest BCUT2D eigenvalue weighted by Gasteiger charge is 2.35. The van der Waals surface area contributed by atoms with Crippen molar-refractivity contribution in [3.05, 3.63) is 35.9 Å². The largest absolute Gasteiger partial charge is 0.377 e. The van der Waals surface area contributed by atoms with Gasteiger partial charge in [-0.1, -0.05) is 51.1 Å². The van der Waals surface area contributed by atoms with Crippen molar-refractivity contribution in [2.24, 2.45) is 16.3 Å². The molecule has 1 saturated heterocycles. The fraction of sp³-hybridized carbons (Fsp3) is 0.652. The molecule has 0 radical (unpaired) electrons. The summed E-state index contributed by atoms with van der Waals surface area (Å²) < 4.78 is 6.06. The first-order valence-corrected chi connectivity index (χ1v) is 10.8. The zero-order valence-electron chi connectivity index (χ0n) is 18.5. The Kier molecular flexibility index (Phi) is 9.45. The van der Waals surface area contributed by atoms with Gasteiger partial charge in [0.1, 0.15) is 6.54 Å². The molecule has 0 saturated carbocycles. The van der Waals surface area contributed by atoms with Crippen LogP contribution in [0.2, 0.25) is 0 Å². The van der Waals surface area contributed by atoms with Crippen molar-refractivity contribution in [3.8, 4) is 0 Å². The van der Waals surface area contributed by atoms with Crippen molar-refractivity contribution in [2.75, 3.05) is 32.8 Å². The molecule has 3 N–H and O–H groups in total. The van der Waals surface area contributed by atoms with Crippen LogP contribution in [-0.2, 0) is 16.0 Å². The second-order valence-electron chi connectivity index (χ2n) is 8.72. The van der Waals surface area contributed by atoms with E-state index < -0.39 is 0 Å². The molecule has 0 spiro atoms. The monoisotopic (exact) mass is 402 g/mol. The van der Waals surface area contributed by atoms with Crippen LogP contribution in [-0.4, -0.2) is 50.8 Å². The van der Waals surface area contributed by atoms with Gasteiger partial charge in [-0.2, -0.15) is 0 Å². The number of carbonyl (C=O) groups excluding carboxylic acids is 1. The third-order valence-electron chi connectivity index (χ3n) is 5.13. The molecular weight excluding hydrogens is 364 g/mol. The second-order valence-corrected chi connectivity index (χ2v) is 8.72. The minimum Gasteiger partial charge on any atom is -0.377 e. The molecule has 0 bridgehead atoms. The Morgan fingerprint density at radius 1 is 1.17 bits per heavy atom. The maximum Gasteiger partial charge on any atom is 0.241 e. The number of nitrogens with zero attached hydrogens (tertiary/aromatic N) is 1. The van der Waals surface area contributed by atoms with Gasteiger partial charge in [-0.15, -0.1) is 0 Å². The van der Waals surface area contributed by atoms with E-state index in [9.17, 15) is 4.79 Å². The van der Waals surface area contributed by atoms with Crippen molar-refractivity contribution in [3.63, 3.8) is 0 Å². The highest BCUT2D eigenvalue weighted by atomic mass is 16.5. The van der Waals surface area contributed by atoms with Gasteiger partial charge in [0.05, 0.1) is 6.10 Å². The number of amides is 1. The van der Waals surface area contributed by atoms with Crippen LogP contribution < -0.4 is 16.0 Å². The fourth-order valence-electron chi connectivity index (χ4n) is 3.78. The van der Waals surface area contributed by atoms with Gasteiger partial charge in [-0.3, -0.25) is 4.79 Å². The van der Waals surface area contributed by atoms with Crippen LogP contribution in [0.3, 0.4) is 0 Å². The predicted molar refractivity (Wildman–Crippen MR) is 119 cm³/mol. The summed E-state index contributed by atoms with van der Waals surface area (Å²) in [6.45, 7) is 11.9.